The summed E-state index contributed by atoms with van der Waals surface area (Å²) in [5, 5.41) is 13.2. The van der Waals surface area contributed by atoms with Gasteiger partial charge in [0.25, 0.3) is 0 Å². The fraction of sp³-hybridized carbons (Fsp3) is 0.0556. The van der Waals surface area contributed by atoms with Crippen LogP contribution in [-0.4, -0.2) is 10.9 Å². The largest absolute Gasteiger partial charge is 0.333 e. The van der Waals surface area contributed by atoms with Crippen molar-refractivity contribution in [3.8, 4) is 6.07 Å². The summed E-state index contributed by atoms with van der Waals surface area (Å²) < 4.78 is 1.04. The Balaban J connectivity index is 1.74. The van der Waals surface area contributed by atoms with Gasteiger partial charge in [-0.3, -0.25) is 4.79 Å². The van der Waals surface area contributed by atoms with Gasteiger partial charge in [-0.25, -0.2) is 4.98 Å². The molecule has 0 fully saturated rings. The zero-order valence-corrected chi connectivity index (χ0v) is 15.1. The van der Waals surface area contributed by atoms with Gasteiger partial charge in [-0.1, -0.05) is 47.5 Å². The number of hydrogen-bond donors (Lipinski definition) is 1. The molecule has 2 aromatic carbocycles. The third-order valence-corrected chi connectivity index (χ3v) is 5.23. The Morgan fingerprint density at radius 3 is 2.80 bits per heavy atom. The minimum absolute atomic E-state index is 0.256. The fourth-order valence-electron chi connectivity index (χ4n) is 2.22. The molecule has 4 nitrogen and oxygen atoms in total. The number of halogens is 2. The predicted octanol–water partition coefficient (Wildman–Crippen LogP) is 5.00. The molecule has 1 unspecified atom stereocenters. The summed E-state index contributed by atoms with van der Waals surface area (Å²) in [6.07, 6.45) is 2.97. The van der Waals surface area contributed by atoms with Crippen LogP contribution in [0.4, 0.5) is 0 Å². The summed E-state index contributed by atoms with van der Waals surface area (Å²) in [6.45, 7) is 0. The Bertz CT molecular complexity index is 974. The second kappa shape index (κ2) is 7.66. The highest BCUT2D eigenvalue weighted by Gasteiger charge is 2.17. The van der Waals surface area contributed by atoms with Crippen molar-refractivity contribution in [1.29, 1.82) is 5.26 Å². The second-order valence-electron chi connectivity index (χ2n) is 5.07. The Morgan fingerprint density at radius 2 is 2.04 bits per heavy atom. The molecular formula is C18H11Cl2N3OS. The zero-order chi connectivity index (χ0) is 17.8. The number of benzene rings is 2. The monoisotopic (exact) mass is 387 g/mol. The predicted molar refractivity (Wildman–Crippen MR) is 102 cm³/mol. The van der Waals surface area contributed by atoms with E-state index in [0.717, 1.165) is 10.2 Å². The van der Waals surface area contributed by atoms with E-state index in [-0.39, 0.29) is 5.02 Å². The lowest BCUT2D eigenvalue weighted by Gasteiger charge is -2.12. The van der Waals surface area contributed by atoms with Gasteiger partial charge in [-0.2, -0.15) is 5.26 Å². The van der Waals surface area contributed by atoms with Crippen molar-refractivity contribution in [1.82, 2.24) is 10.3 Å². The van der Waals surface area contributed by atoms with E-state index in [1.807, 2.05) is 30.3 Å². The molecule has 0 saturated heterocycles. The molecule has 0 radical (unpaired) electrons. The van der Waals surface area contributed by atoms with E-state index in [9.17, 15) is 10.1 Å². The van der Waals surface area contributed by atoms with Gasteiger partial charge >= 0.3 is 0 Å². The number of hydrogen-bond acceptors (Lipinski definition) is 4. The molecule has 1 heterocycles. The first kappa shape index (κ1) is 17.4. The molecule has 124 valence electrons. The van der Waals surface area contributed by atoms with Crippen molar-refractivity contribution in [3.05, 3.63) is 69.2 Å². The number of para-hydroxylation sites is 1. The lowest BCUT2D eigenvalue weighted by atomic mass is 10.1. The molecule has 3 rings (SSSR count). The molecule has 0 spiro atoms. The minimum atomic E-state index is -0.890. The molecule has 0 saturated carbocycles. The lowest BCUT2D eigenvalue weighted by molar-refractivity contribution is -0.116. The summed E-state index contributed by atoms with van der Waals surface area (Å²) in [7, 11) is 0. The van der Waals surface area contributed by atoms with Crippen molar-refractivity contribution < 1.29 is 4.79 Å². The zero-order valence-electron chi connectivity index (χ0n) is 12.7. The Hall–Kier alpha value is -2.39. The lowest BCUT2D eigenvalue weighted by Crippen LogP contribution is -2.26. The van der Waals surface area contributed by atoms with Crippen molar-refractivity contribution in [2.45, 2.75) is 6.04 Å². The highest BCUT2D eigenvalue weighted by molar-refractivity contribution is 7.19. The summed E-state index contributed by atoms with van der Waals surface area (Å²) in [6, 6.07) is 13.8. The first-order valence-electron chi connectivity index (χ1n) is 7.26. The van der Waals surface area contributed by atoms with E-state index < -0.39 is 11.9 Å². The molecule has 3 aromatic rings. The number of rotatable bonds is 4. The molecule has 1 aromatic heterocycles. The van der Waals surface area contributed by atoms with Crippen molar-refractivity contribution in [3.63, 3.8) is 0 Å². The molecule has 1 atom stereocenters. The molecule has 0 aliphatic carbocycles. The molecule has 0 bridgehead atoms. The van der Waals surface area contributed by atoms with Gasteiger partial charge in [0.05, 0.1) is 26.3 Å². The van der Waals surface area contributed by atoms with Crippen LogP contribution in [0, 0.1) is 11.3 Å². The van der Waals surface area contributed by atoms with Gasteiger partial charge in [0, 0.05) is 11.6 Å². The number of fused-ring (bicyclic) bond motifs is 1. The van der Waals surface area contributed by atoms with E-state index in [1.165, 1.54) is 17.4 Å². The minimum Gasteiger partial charge on any atom is -0.333 e. The van der Waals surface area contributed by atoms with E-state index in [2.05, 4.69) is 10.3 Å². The van der Waals surface area contributed by atoms with Crippen LogP contribution in [0.2, 0.25) is 10.0 Å². The number of amides is 1. The molecular weight excluding hydrogens is 377 g/mol. The molecule has 1 amide bonds. The van der Waals surface area contributed by atoms with Gasteiger partial charge in [0.1, 0.15) is 11.0 Å². The van der Waals surface area contributed by atoms with Crippen LogP contribution in [0.3, 0.4) is 0 Å². The van der Waals surface area contributed by atoms with Crippen LogP contribution in [0.5, 0.6) is 0 Å². The molecule has 0 aliphatic heterocycles. The number of thiazole rings is 1. The van der Waals surface area contributed by atoms with Crippen LogP contribution < -0.4 is 5.32 Å². The second-order valence-corrected chi connectivity index (χ2v) is 6.91. The summed E-state index contributed by atoms with van der Waals surface area (Å²) in [5.41, 5.74) is 1.34. The molecule has 25 heavy (non-hydrogen) atoms. The van der Waals surface area contributed by atoms with E-state index in [4.69, 9.17) is 23.2 Å². The number of nitrogens with one attached hydrogen (secondary N) is 1. The molecule has 0 aliphatic rings. The van der Waals surface area contributed by atoms with Gasteiger partial charge in [0.15, 0.2) is 0 Å². The number of carbonyl (C=O) groups excluding carboxylic acids is 1. The van der Waals surface area contributed by atoms with Gasteiger partial charge in [-0.15, -0.1) is 11.3 Å². The van der Waals surface area contributed by atoms with Gasteiger partial charge < -0.3 is 5.32 Å². The quantitative estimate of drug-likeness (QED) is 0.640. The van der Waals surface area contributed by atoms with Crippen LogP contribution in [0.25, 0.3) is 16.3 Å². The van der Waals surface area contributed by atoms with Crippen molar-refractivity contribution in [2.24, 2.45) is 0 Å². The maximum atomic E-state index is 12.1. The Kier molecular flexibility index (Phi) is 5.34. The fourth-order valence-corrected chi connectivity index (χ4v) is 3.51. The highest BCUT2D eigenvalue weighted by Crippen LogP contribution is 2.29. The number of nitriles is 1. The summed E-state index contributed by atoms with van der Waals surface area (Å²) in [4.78, 5) is 16.5. The first-order chi connectivity index (χ1) is 12.1. The topological polar surface area (TPSA) is 65.8 Å². The smallest absolute Gasteiger partial charge is 0.245 e. The van der Waals surface area contributed by atoms with Gasteiger partial charge in [-0.05, 0) is 24.3 Å². The van der Waals surface area contributed by atoms with Crippen LogP contribution in [0.15, 0.2) is 48.5 Å². The van der Waals surface area contributed by atoms with Crippen LogP contribution >= 0.6 is 34.5 Å². The SMILES string of the molecule is N#CC(NC(=O)/C=C/c1nc2ccccc2s1)c1cccc(Cl)c1Cl. The third-order valence-electron chi connectivity index (χ3n) is 3.40. The number of aromatic nitrogens is 1. The van der Waals surface area contributed by atoms with Crippen molar-refractivity contribution >= 4 is 56.7 Å². The summed E-state index contributed by atoms with van der Waals surface area (Å²) >= 11 is 13.5. The molecule has 1 N–H and O–H groups in total. The van der Waals surface area contributed by atoms with E-state index in [0.29, 0.717) is 15.6 Å². The average molecular weight is 388 g/mol. The maximum absolute atomic E-state index is 12.1. The highest BCUT2D eigenvalue weighted by atomic mass is 35.5. The summed E-state index contributed by atoms with van der Waals surface area (Å²) in [5.74, 6) is -0.415. The van der Waals surface area contributed by atoms with Crippen LogP contribution in [-0.2, 0) is 4.79 Å². The Labute approximate surface area is 158 Å². The standard InChI is InChI=1S/C18H11Cl2N3OS/c19-12-5-3-4-11(18(12)20)14(10-21)22-16(24)8-9-17-23-13-6-1-2-7-15(13)25-17/h1-9,14H,(H,22,24)/b9-8+. The number of nitrogens with zero attached hydrogens (tertiary/aromatic N) is 2. The average Bonchev–Trinajstić information content (AvgIpc) is 3.03. The van der Waals surface area contributed by atoms with Crippen molar-refractivity contribution in [2.75, 3.05) is 0 Å². The Morgan fingerprint density at radius 1 is 1.24 bits per heavy atom. The van der Waals surface area contributed by atoms with E-state index >= 15 is 0 Å². The third kappa shape index (κ3) is 3.99. The molecule has 7 heteroatoms. The van der Waals surface area contributed by atoms with E-state index in [1.54, 1.807) is 24.3 Å². The van der Waals surface area contributed by atoms with Gasteiger partial charge in [0.2, 0.25) is 5.91 Å². The first-order valence-corrected chi connectivity index (χ1v) is 8.83. The number of carbonyl (C=O) groups is 1. The normalized spacial score (nSPS) is 12.2. The maximum Gasteiger partial charge on any atom is 0.245 e. The van der Waals surface area contributed by atoms with Crippen LogP contribution in [0.1, 0.15) is 16.6 Å².